The van der Waals surface area contributed by atoms with Gasteiger partial charge in [0, 0.05) is 7.05 Å². The molecular weight excluding hydrogens is 204 g/mol. The van der Waals surface area contributed by atoms with Gasteiger partial charge in [-0.15, -0.1) is 0 Å². The van der Waals surface area contributed by atoms with Gasteiger partial charge in [-0.3, -0.25) is 0 Å². The maximum atomic E-state index is 5.51. The molecule has 0 aliphatic rings. The summed E-state index contributed by atoms with van der Waals surface area (Å²) in [5, 5.41) is 4.21. The van der Waals surface area contributed by atoms with Crippen LogP contribution in [-0.4, -0.2) is 21.9 Å². The Morgan fingerprint density at radius 1 is 1.38 bits per heavy atom. The molecule has 0 spiro atoms. The van der Waals surface area contributed by atoms with Crippen LogP contribution in [0.3, 0.4) is 0 Å². The molecule has 0 aliphatic heterocycles. The Bertz CT molecular complexity index is 492. The van der Waals surface area contributed by atoms with Crippen molar-refractivity contribution >= 4 is 0 Å². The number of aromatic nitrogens is 3. The Kier molecular flexibility index (Phi) is 2.87. The number of rotatable bonds is 3. The minimum Gasteiger partial charge on any atom is -0.496 e. The Morgan fingerprint density at radius 3 is 2.75 bits per heavy atom. The molecule has 2 aromatic rings. The zero-order valence-electron chi connectivity index (χ0n) is 9.34. The van der Waals surface area contributed by atoms with Gasteiger partial charge in [-0.25, -0.2) is 9.67 Å². The molecule has 84 valence electrons. The molecule has 0 aliphatic carbocycles. The van der Waals surface area contributed by atoms with Gasteiger partial charge in [0.25, 0.3) is 0 Å². The predicted molar refractivity (Wildman–Crippen MR) is 60.9 cm³/mol. The fraction of sp³-hybridized carbons (Fsp3) is 0.273. The first-order valence-corrected chi connectivity index (χ1v) is 4.99. The van der Waals surface area contributed by atoms with E-state index in [0.717, 1.165) is 17.1 Å². The van der Waals surface area contributed by atoms with Crippen LogP contribution >= 0.6 is 0 Å². The van der Waals surface area contributed by atoms with Gasteiger partial charge < -0.3 is 10.5 Å². The normalized spacial score (nSPS) is 10.4. The number of nitrogens with zero attached hydrogens (tertiary/aromatic N) is 3. The largest absolute Gasteiger partial charge is 0.496 e. The number of nitrogens with two attached hydrogens (primary N) is 1. The van der Waals surface area contributed by atoms with Gasteiger partial charge in [0.05, 0.1) is 19.2 Å². The van der Waals surface area contributed by atoms with E-state index >= 15 is 0 Å². The van der Waals surface area contributed by atoms with Crippen molar-refractivity contribution in [2.45, 2.75) is 6.54 Å². The lowest BCUT2D eigenvalue weighted by Gasteiger charge is -2.06. The molecule has 16 heavy (non-hydrogen) atoms. The van der Waals surface area contributed by atoms with Crippen molar-refractivity contribution in [1.82, 2.24) is 14.8 Å². The second kappa shape index (κ2) is 4.32. The SMILES string of the molecule is COc1ccccc1-c1nc(CN)nn1C. The first kappa shape index (κ1) is 10.6. The van der Waals surface area contributed by atoms with Gasteiger partial charge in [0.15, 0.2) is 11.6 Å². The van der Waals surface area contributed by atoms with Gasteiger partial charge in [-0.1, -0.05) is 12.1 Å². The Morgan fingerprint density at radius 2 is 2.12 bits per heavy atom. The molecule has 5 nitrogen and oxygen atoms in total. The maximum absolute atomic E-state index is 5.51. The third-order valence-corrected chi connectivity index (χ3v) is 2.34. The Balaban J connectivity index is 2.53. The van der Waals surface area contributed by atoms with Crippen molar-refractivity contribution in [2.75, 3.05) is 7.11 Å². The van der Waals surface area contributed by atoms with E-state index in [2.05, 4.69) is 10.1 Å². The summed E-state index contributed by atoms with van der Waals surface area (Å²) in [5.41, 5.74) is 6.43. The first-order valence-electron chi connectivity index (χ1n) is 4.99. The number of hydrogen-bond donors (Lipinski definition) is 1. The minimum atomic E-state index is 0.336. The number of aryl methyl sites for hydroxylation is 1. The average Bonchev–Trinajstić information content (AvgIpc) is 2.70. The number of benzene rings is 1. The van der Waals surface area contributed by atoms with Crippen LogP contribution in [0, 0.1) is 0 Å². The van der Waals surface area contributed by atoms with Gasteiger partial charge in [0.1, 0.15) is 5.75 Å². The summed E-state index contributed by atoms with van der Waals surface area (Å²) in [7, 11) is 3.48. The molecule has 1 aromatic carbocycles. The molecule has 1 aromatic heterocycles. The summed E-state index contributed by atoms with van der Waals surface area (Å²) in [6.45, 7) is 0.336. The number of ether oxygens (including phenoxy) is 1. The molecule has 0 fully saturated rings. The molecule has 0 amide bonds. The third-order valence-electron chi connectivity index (χ3n) is 2.34. The van der Waals surface area contributed by atoms with Crippen LogP contribution in [0.4, 0.5) is 0 Å². The van der Waals surface area contributed by atoms with E-state index < -0.39 is 0 Å². The molecule has 0 unspecified atom stereocenters. The van der Waals surface area contributed by atoms with E-state index in [-0.39, 0.29) is 0 Å². The van der Waals surface area contributed by atoms with E-state index in [1.165, 1.54) is 0 Å². The Hall–Kier alpha value is -1.88. The van der Waals surface area contributed by atoms with Crippen molar-refractivity contribution in [1.29, 1.82) is 0 Å². The quantitative estimate of drug-likeness (QED) is 0.833. The highest BCUT2D eigenvalue weighted by Gasteiger charge is 2.12. The van der Waals surface area contributed by atoms with E-state index in [0.29, 0.717) is 12.4 Å². The van der Waals surface area contributed by atoms with Crippen molar-refractivity contribution in [3.05, 3.63) is 30.1 Å². The van der Waals surface area contributed by atoms with Gasteiger partial charge >= 0.3 is 0 Å². The summed E-state index contributed by atoms with van der Waals surface area (Å²) in [6, 6.07) is 7.70. The molecule has 0 saturated carbocycles. The molecule has 0 saturated heterocycles. The van der Waals surface area contributed by atoms with Crippen LogP contribution in [0.1, 0.15) is 5.82 Å². The van der Waals surface area contributed by atoms with Crippen molar-refractivity contribution in [2.24, 2.45) is 12.8 Å². The minimum absolute atomic E-state index is 0.336. The fourth-order valence-corrected chi connectivity index (χ4v) is 1.59. The molecule has 5 heteroatoms. The maximum Gasteiger partial charge on any atom is 0.164 e. The van der Waals surface area contributed by atoms with Crippen LogP contribution in [0.15, 0.2) is 24.3 Å². The van der Waals surface area contributed by atoms with Crippen molar-refractivity contribution in [3.63, 3.8) is 0 Å². The highest BCUT2D eigenvalue weighted by Crippen LogP contribution is 2.27. The molecule has 1 heterocycles. The fourth-order valence-electron chi connectivity index (χ4n) is 1.59. The van der Waals surface area contributed by atoms with Gasteiger partial charge in [-0.05, 0) is 12.1 Å². The third kappa shape index (κ3) is 1.77. The summed E-state index contributed by atoms with van der Waals surface area (Å²) in [4.78, 5) is 4.35. The van der Waals surface area contributed by atoms with E-state index in [4.69, 9.17) is 10.5 Å². The second-order valence-corrected chi connectivity index (χ2v) is 3.38. The topological polar surface area (TPSA) is 66.0 Å². The molecular formula is C11H14N4O. The first-order chi connectivity index (χ1) is 7.76. The van der Waals surface area contributed by atoms with E-state index in [1.54, 1.807) is 11.8 Å². The Labute approximate surface area is 93.9 Å². The zero-order chi connectivity index (χ0) is 11.5. The number of para-hydroxylation sites is 1. The van der Waals surface area contributed by atoms with Gasteiger partial charge in [-0.2, -0.15) is 5.10 Å². The zero-order valence-corrected chi connectivity index (χ0v) is 9.34. The molecule has 0 atom stereocenters. The summed E-state index contributed by atoms with van der Waals surface area (Å²) in [5.74, 6) is 2.17. The van der Waals surface area contributed by atoms with E-state index in [1.807, 2.05) is 31.3 Å². The monoisotopic (exact) mass is 218 g/mol. The average molecular weight is 218 g/mol. The highest BCUT2D eigenvalue weighted by molar-refractivity contribution is 5.64. The lowest BCUT2D eigenvalue weighted by Crippen LogP contribution is -1.99. The van der Waals surface area contributed by atoms with Crippen LogP contribution in [0.25, 0.3) is 11.4 Å². The van der Waals surface area contributed by atoms with Crippen LogP contribution in [0.5, 0.6) is 5.75 Å². The smallest absolute Gasteiger partial charge is 0.164 e. The van der Waals surface area contributed by atoms with Crippen LogP contribution in [0.2, 0.25) is 0 Å². The standard InChI is InChI=1S/C11H14N4O/c1-15-11(13-10(7-12)14-15)8-5-3-4-6-9(8)16-2/h3-6H,7,12H2,1-2H3. The van der Waals surface area contributed by atoms with Crippen molar-refractivity contribution < 1.29 is 4.74 Å². The molecule has 2 N–H and O–H groups in total. The second-order valence-electron chi connectivity index (χ2n) is 3.38. The number of hydrogen-bond acceptors (Lipinski definition) is 4. The number of methoxy groups -OCH3 is 1. The summed E-state index contributed by atoms with van der Waals surface area (Å²) < 4.78 is 6.99. The van der Waals surface area contributed by atoms with E-state index in [9.17, 15) is 0 Å². The highest BCUT2D eigenvalue weighted by atomic mass is 16.5. The summed E-state index contributed by atoms with van der Waals surface area (Å²) in [6.07, 6.45) is 0. The molecule has 0 radical (unpaired) electrons. The van der Waals surface area contributed by atoms with Gasteiger partial charge in [0.2, 0.25) is 0 Å². The lowest BCUT2D eigenvalue weighted by atomic mass is 10.2. The summed E-state index contributed by atoms with van der Waals surface area (Å²) >= 11 is 0. The predicted octanol–water partition coefficient (Wildman–Crippen LogP) is 0.949. The lowest BCUT2D eigenvalue weighted by molar-refractivity contribution is 0.416. The van der Waals surface area contributed by atoms with Crippen LogP contribution in [-0.2, 0) is 13.6 Å². The molecule has 0 bridgehead atoms. The molecule has 2 rings (SSSR count). The van der Waals surface area contributed by atoms with Crippen molar-refractivity contribution in [3.8, 4) is 17.1 Å². The van der Waals surface area contributed by atoms with Crippen LogP contribution < -0.4 is 10.5 Å².